The maximum atomic E-state index is 12.0. The number of ether oxygens (including phenoxy) is 1. The van der Waals surface area contributed by atoms with E-state index in [1.165, 1.54) is 17.4 Å². The van der Waals surface area contributed by atoms with Crippen molar-refractivity contribution in [1.82, 2.24) is 0 Å². The van der Waals surface area contributed by atoms with E-state index in [9.17, 15) is 9.59 Å². The first-order chi connectivity index (χ1) is 11.4. The number of anilines is 1. The van der Waals surface area contributed by atoms with Crippen LogP contribution in [0.1, 0.15) is 31.2 Å². The maximum Gasteiger partial charge on any atom is 0.331 e. The minimum absolute atomic E-state index is 0.0933. The highest BCUT2D eigenvalue weighted by Gasteiger charge is 2.18. The predicted octanol–water partition coefficient (Wildman–Crippen LogP) is 4.24. The minimum Gasteiger partial charge on any atom is -0.452 e. The fourth-order valence-corrected chi connectivity index (χ4v) is 2.77. The van der Waals surface area contributed by atoms with Gasteiger partial charge in [0.15, 0.2) is 6.61 Å². The minimum atomic E-state index is -0.539. The van der Waals surface area contributed by atoms with E-state index in [-0.39, 0.29) is 17.9 Å². The summed E-state index contributed by atoms with van der Waals surface area (Å²) >= 11 is 1.52. The summed E-state index contributed by atoms with van der Waals surface area (Å²) in [6.45, 7) is 5.92. The quantitative estimate of drug-likeness (QED) is 0.652. The molecule has 0 bridgehead atoms. The zero-order valence-electron chi connectivity index (χ0n) is 14.0. The highest BCUT2D eigenvalue weighted by atomic mass is 32.1. The van der Waals surface area contributed by atoms with Crippen molar-refractivity contribution in [1.29, 1.82) is 0 Å². The summed E-state index contributed by atoms with van der Waals surface area (Å²) in [7, 11) is 0. The smallest absolute Gasteiger partial charge is 0.331 e. The Labute approximate surface area is 146 Å². The number of benzene rings is 1. The standard InChI is InChI=1S/C19H21NO3S/c1-19(2,3)15-8-4-5-9-16(15)20-17(21)13-23-18(22)11-10-14-7-6-12-24-14/h4-12H,13H2,1-3H3,(H,20,21)/b11-10+. The normalized spacial score (nSPS) is 11.5. The number of thiophene rings is 1. The highest BCUT2D eigenvalue weighted by molar-refractivity contribution is 7.10. The molecule has 1 heterocycles. The number of para-hydroxylation sites is 1. The maximum absolute atomic E-state index is 12.0. The van der Waals surface area contributed by atoms with Crippen LogP contribution >= 0.6 is 11.3 Å². The Morgan fingerprint density at radius 2 is 1.92 bits per heavy atom. The molecular weight excluding hydrogens is 322 g/mol. The van der Waals surface area contributed by atoms with Crippen molar-refractivity contribution in [2.24, 2.45) is 0 Å². The van der Waals surface area contributed by atoms with Gasteiger partial charge in [-0.15, -0.1) is 11.3 Å². The monoisotopic (exact) mass is 343 g/mol. The lowest BCUT2D eigenvalue weighted by atomic mass is 9.86. The van der Waals surface area contributed by atoms with Gasteiger partial charge in [-0.05, 0) is 34.6 Å². The third-order valence-corrected chi connectivity index (χ3v) is 4.12. The first-order valence-corrected chi connectivity index (χ1v) is 8.52. The van der Waals surface area contributed by atoms with Gasteiger partial charge in [0.05, 0.1) is 0 Å². The van der Waals surface area contributed by atoms with Gasteiger partial charge in [-0.2, -0.15) is 0 Å². The molecule has 1 amide bonds. The number of nitrogens with one attached hydrogen (secondary N) is 1. The Kier molecular flexibility index (Phi) is 5.93. The van der Waals surface area contributed by atoms with E-state index >= 15 is 0 Å². The molecule has 2 aromatic rings. The lowest BCUT2D eigenvalue weighted by molar-refractivity contribution is -0.142. The number of amides is 1. The zero-order chi connectivity index (χ0) is 17.6. The summed E-state index contributed by atoms with van der Waals surface area (Å²) in [5.74, 6) is -0.896. The summed E-state index contributed by atoms with van der Waals surface area (Å²) < 4.78 is 4.97. The molecule has 0 aliphatic rings. The number of esters is 1. The van der Waals surface area contributed by atoms with Crippen LogP contribution in [-0.4, -0.2) is 18.5 Å². The Morgan fingerprint density at radius 3 is 2.58 bits per heavy atom. The van der Waals surface area contributed by atoms with E-state index in [0.29, 0.717) is 0 Å². The van der Waals surface area contributed by atoms with Gasteiger partial charge in [0.25, 0.3) is 5.91 Å². The molecule has 0 saturated carbocycles. The van der Waals surface area contributed by atoms with Crippen molar-refractivity contribution in [3.63, 3.8) is 0 Å². The molecule has 0 spiro atoms. The molecule has 0 atom stereocenters. The van der Waals surface area contributed by atoms with E-state index in [4.69, 9.17) is 4.74 Å². The largest absolute Gasteiger partial charge is 0.452 e. The first kappa shape index (κ1) is 17.9. The topological polar surface area (TPSA) is 55.4 Å². The Morgan fingerprint density at radius 1 is 1.17 bits per heavy atom. The lowest BCUT2D eigenvalue weighted by Gasteiger charge is -2.22. The van der Waals surface area contributed by atoms with Gasteiger partial charge in [-0.3, -0.25) is 4.79 Å². The van der Waals surface area contributed by atoms with Crippen LogP contribution in [0.25, 0.3) is 6.08 Å². The molecule has 4 nitrogen and oxygen atoms in total. The Hall–Kier alpha value is -2.40. The Balaban J connectivity index is 1.89. The van der Waals surface area contributed by atoms with Crippen molar-refractivity contribution in [3.8, 4) is 0 Å². The van der Waals surface area contributed by atoms with Crippen LogP contribution in [0, 0.1) is 0 Å². The number of hydrogen-bond acceptors (Lipinski definition) is 4. The molecule has 0 saturated heterocycles. The Bertz CT molecular complexity index is 727. The first-order valence-electron chi connectivity index (χ1n) is 7.64. The molecule has 1 N–H and O–H groups in total. The second kappa shape index (κ2) is 7.93. The van der Waals surface area contributed by atoms with Crippen LogP contribution in [0.15, 0.2) is 47.9 Å². The van der Waals surface area contributed by atoms with E-state index in [2.05, 4.69) is 26.1 Å². The molecule has 24 heavy (non-hydrogen) atoms. The van der Waals surface area contributed by atoms with Crippen LogP contribution in [0.3, 0.4) is 0 Å². The number of rotatable bonds is 5. The molecule has 126 valence electrons. The SMILES string of the molecule is CC(C)(C)c1ccccc1NC(=O)COC(=O)/C=C/c1cccs1. The van der Waals surface area contributed by atoms with Gasteiger partial charge in [-0.25, -0.2) is 4.79 Å². The predicted molar refractivity (Wildman–Crippen MR) is 98.1 cm³/mol. The van der Waals surface area contributed by atoms with Crippen molar-refractivity contribution in [2.45, 2.75) is 26.2 Å². The van der Waals surface area contributed by atoms with Gasteiger partial charge in [0.1, 0.15) is 0 Å². The lowest BCUT2D eigenvalue weighted by Crippen LogP contribution is -2.23. The van der Waals surface area contributed by atoms with Crippen molar-refractivity contribution in [3.05, 3.63) is 58.3 Å². The number of hydrogen-bond donors (Lipinski definition) is 1. The molecule has 1 aromatic carbocycles. The van der Waals surface area contributed by atoms with Gasteiger partial charge >= 0.3 is 5.97 Å². The van der Waals surface area contributed by atoms with E-state index in [0.717, 1.165) is 16.1 Å². The third kappa shape index (κ3) is 5.35. The van der Waals surface area contributed by atoms with Gasteiger partial charge in [0.2, 0.25) is 0 Å². The van der Waals surface area contributed by atoms with Crippen molar-refractivity contribution >= 4 is 35.0 Å². The third-order valence-electron chi connectivity index (χ3n) is 3.28. The average Bonchev–Trinajstić information content (AvgIpc) is 3.04. The van der Waals surface area contributed by atoms with Crippen LogP contribution in [-0.2, 0) is 19.7 Å². The van der Waals surface area contributed by atoms with Crippen LogP contribution in [0.4, 0.5) is 5.69 Å². The van der Waals surface area contributed by atoms with E-state index in [1.807, 2.05) is 41.8 Å². The molecule has 5 heteroatoms. The van der Waals surface area contributed by atoms with Crippen LogP contribution in [0.2, 0.25) is 0 Å². The highest BCUT2D eigenvalue weighted by Crippen LogP contribution is 2.29. The van der Waals surface area contributed by atoms with E-state index < -0.39 is 5.97 Å². The van der Waals surface area contributed by atoms with Gasteiger partial charge in [0, 0.05) is 16.6 Å². The molecule has 0 unspecified atom stereocenters. The van der Waals surface area contributed by atoms with Crippen LogP contribution < -0.4 is 5.32 Å². The molecular formula is C19H21NO3S. The van der Waals surface area contributed by atoms with Crippen LogP contribution in [0.5, 0.6) is 0 Å². The fourth-order valence-electron chi connectivity index (χ4n) is 2.15. The molecule has 0 aliphatic carbocycles. The molecule has 0 fully saturated rings. The summed E-state index contributed by atoms with van der Waals surface area (Å²) in [4.78, 5) is 24.6. The number of carbonyl (C=O) groups excluding carboxylic acids is 2. The molecule has 0 aliphatic heterocycles. The summed E-state index contributed by atoms with van der Waals surface area (Å²) in [5.41, 5.74) is 1.67. The average molecular weight is 343 g/mol. The fraction of sp³-hybridized carbons (Fsp3) is 0.263. The number of carbonyl (C=O) groups is 2. The van der Waals surface area contributed by atoms with Crippen molar-refractivity contribution < 1.29 is 14.3 Å². The van der Waals surface area contributed by atoms with E-state index in [1.54, 1.807) is 6.08 Å². The second-order valence-corrected chi connectivity index (χ2v) is 7.28. The molecule has 0 radical (unpaired) electrons. The summed E-state index contributed by atoms with van der Waals surface area (Å²) in [6, 6.07) is 11.4. The molecule has 1 aromatic heterocycles. The zero-order valence-corrected chi connectivity index (χ0v) is 14.9. The summed E-state index contributed by atoms with van der Waals surface area (Å²) in [5, 5.41) is 4.73. The second-order valence-electron chi connectivity index (χ2n) is 6.30. The van der Waals surface area contributed by atoms with Crippen molar-refractivity contribution in [2.75, 3.05) is 11.9 Å². The molecule has 2 rings (SSSR count). The summed E-state index contributed by atoms with van der Waals surface area (Å²) in [6.07, 6.45) is 2.99. The van der Waals surface area contributed by atoms with Gasteiger partial charge in [-0.1, -0.05) is 45.0 Å². The van der Waals surface area contributed by atoms with Gasteiger partial charge < -0.3 is 10.1 Å².